The SMILES string of the molecule is CC1(C)OB(C(=Cc2cc(F)ccc2F)CS)OC1(C)C. The molecule has 114 valence electrons. The summed E-state index contributed by atoms with van der Waals surface area (Å²) in [5, 5.41) is 0. The van der Waals surface area contributed by atoms with Gasteiger partial charge < -0.3 is 9.31 Å². The molecule has 0 aliphatic carbocycles. The van der Waals surface area contributed by atoms with Crippen molar-refractivity contribution in [1.29, 1.82) is 0 Å². The summed E-state index contributed by atoms with van der Waals surface area (Å²) in [6.45, 7) is 7.75. The highest BCUT2D eigenvalue weighted by atomic mass is 32.1. The van der Waals surface area contributed by atoms with E-state index in [1.165, 1.54) is 6.08 Å². The Morgan fingerprint density at radius 1 is 1.19 bits per heavy atom. The summed E-state index contributed by atoms with van der Waals surface area (Å²) < 4.78 is 38.8. The summed E-state index contributed by atoms with van der Waals surface area (Å²) in [6.07, 6.45) is 1.54. The van der Waals surface area contributed by atoms with Crippen molar-refractivity contribution in [2.75, 3.05) is 5.75 Å². The smallest absolute Gasteiger partial charge is 0.400 e. The molecule has 0 saturated carbocycles. The third-order valence-electron chi connectivity index (χ3n) is 4.04. The van der Waals surface area contributed by atoms with Crippen LogP contribution in [0.25, 0.3) is 6.08 Å². The summed E-state index contributed by atoms with van der Waals surface area (Å²) in [6, 6.07) is 3.33. The molecule has 1 aromatic carbocycles. The van der Waals surface area contributed by atoms with Crippen molar-refractivity contribution in [3.8, 4) is 0 Å². The fraction of sp³-hybridized carbons (Fsp3) is 0.467. The molecule has 1 heterocycles. The van der Waals surface area contributed by atoms with E-state index in [-0.39, 0.29) is 5.56 Å². The molecule has 0 radical (unpaired) electrons. The summed E-state index contributed by atoms with van der Waals surface area (Å²) >= 11 is 4.25. The second-order valence-corrected chi connectivity index (χ2v) is 6.45. The molecule has 1 aliphatic rings. The van der Waals surface area contributed by atoms with Crippen LogP contribution in [0.2, 0.25) is 0 Å². The van der Waals surface area contributed by atoms with E-state index >= 15 is 0 Å². The number of rotatable bonds is 3. The third-order valence-corrected chi connectivity index (χ3v) is 4.40. The van der Waals surface area contributed by atoms with Crippen LogP contribution < -0.4 is 0 Å². The number of hydrogen-bond acceptors (Lipinski definition) is 3. The summed E-state index contributed by atoms with van der Waals surface area (Å²) in [4.78, 5) is 0. The molecule has 0 amide bonds. The lowest BCUT2D eigenvalue weighted by Gasteiger charge is -2.32. The Hall–Kier alpha value is -0.845. The van der Waals surface area contributed by atoms with Crippen LogP contribution in [-0.4, -0.2) is 24.1 Å². The monoisotopic (exact) mass is 312 g/mol. The molecule has 0 spiro atoms. The van der Waals surface area contributed by atoms with Gasteiger partial charge in [0.15, 0.2) is 0 Å². The minimum Gasteiger partial charge on any atom is -0.400 e. The third kappa shape index (κ3) is 3.33. The van der Waals surface area contributed by atoms with E-state index in [1.54, 1.807) is 0 Å². The van der Waals surface area contributed by atoms with Gasteiger partial charge in [-0.05, 0) is 51.4 Å². The van der Waals surface area contributed by atoms with Gasteiger partial charge in [0.25, 0.3) is 0 Å². The molecule has 1 fully saturated rings. The van der Waals surface area contributed by atoms with E-state index in [0.29, 0.717) is 11.2 Å². The van der Waals surface area contributed by atoms with Gasteiger partial charge in [0.1, 0.15) is 11.6 Å². The van der Waals surface area contributed by atoms with E-state index in [0.717, 1.165) is 18.2 Å². The highest BCUT2D eigenvalue weighted by Gasteiger charge is 2.52. The van der Waals surface area contributed by atoms with Gasteiger partial charge in [0.05, 0.1) is 11.2 Å². The van der Waals surface area contributed by atoms with Gasteiger partial charge in [-0.3, -0.25) is 0 Å². The lowest BCUT2D eigenvalue weighted by atomic mass is 9.78. The summed E-state index contributed by atoms with van der Waals surface area (Å²) in [7, 11) is -0.616. The summed E-state index contributed by atoms with van der Waals surface area (Å²) in [5.74, 6) is -0.658. The Balaban J connectivity index is 2.33. The van der Waals surface area contributed by atoms with Crippen molar-refractivity contribution >= 4 is 25.8 Å². The van der Waals surface area contributed by atoms with Crippen LogP contribution in [0, 0.1) is 11.6 Å². The van der Waals surface area contributed by atoms with Crippen molar-refractivity contribution in [3.05, 3.63) is 40.9 Å². The first kappa shape index (κ1) is 16.5. The standard InChI is InChI=1S/C15H19BF2O2S/c1-14(2)15(3,4)20-16(19-14)11(9-21)7-10-8-12(17)5-6-13(10)18/h5-8,21H,9H2,1-4H3. The predicted molar refractivity (Wildman–Crippen MR) is 84.3 cm³/mol. The molecule has 1 saturated heterocycles. The second-order valence-electron chi connectivity index (χ2n) is 6.13. The van der Waals surface area contributed by atoms with Crippen LogP contribution >= 0.6 is 12.6 Å². The molecule has 2 nitrogen and oxygen atoms in total. The Kier molecular flexibility index (Phi) is 4.52. The predicted octanol–water partition coefficient (Wildman–Crippen LogP) is 3.91. The Morgan fingerprint density at radius 3 is 2.29 bits per heavy atom. The van der Waals surface area contributed by atoms with Crippen molar-refractivity contribution in [3.63, 3.8) is 0 Å². The van der Waals surface area contributed by atoms with Crippen molar-refractivity contribution in [2.24, 2.45) is 0 Å². The van der Waals surface area contributed by atoms with Gasteiger partial charge in [-0.1, -0.05) is 6.08 Å². The van der Waals surface area contributed by atoms with E-state index in [1.807, 2.05) is 27.7 Å². The van der Waals surface area contributed by atoms with Crippen molar-refractivity contribution in [2.45, 2.75) is 38.9 Å². The first-order valence-corrected chi connectivity index (χ1v) is 7.41. The minimum absolute atomic E-state index is 0.161. The highest BCUT2D eigenvalue weighted by molar-refractivity contribution is 7.80. The number of hydrogen-bond donors (Lipinski definition) is 1. The van der Waals surface area contributed by atoms with E-state index in [2.05, 4.69) is 12.6 Å². The Bertz CT molecular complexity index is 557. The number of benzene rings is 1. The van der Waals surface area contributed by atoms with Crippen LogP contribution in [0.3, 0.4) is 0 Å². The van der Waals surface area contributed by atoms with Gasteiger partial charge in [0, 0.05) is 11.3 Å². The molecule has 1 aromatic rings. The molecule has 0 N–H and O–H groups in total. The normalized spacial score (nSPS) is 20.9. The molecule has 0 unspecified atom stereocenters. The molecule has 1 aliphatic heterocycles. The number of halogens is 2. The van der Waals surface area contributed by atoms with Crippen molar-refractivity contribution < 1.29 is 18.1 Å². The van der Waals surface area contributed by atoms with Gasteiger partial charge in [-0.15, -0.1) is 0 Å². The maximum atomic E-state index is 13.7. The fourth-order valence-corrected chi connectivity index (χ4v) is 2.25. The fourth-order valence-electron chi connectivity index (χ4n) is 2.01. The van der Waals surface area contributed by atoms with Gasteiger partial charge in [0.2, 0.25) is 0 Å². The molecule has 0 atom stereocenters. The van der Waals surface area contributed by atoms with Crippen LogP contribution in [0.15, 0.2) is 23.7 Å². The van der Waals surface area contributed by atoms with E-state index < -0.39 is 30.0 Å². The van der Waals surface area contributed by atoms with Gasteiger partial charge >= 0.3 is 7.12 Å². The molecule has 6 heteroatoms. The van der Waals surface area contributed by atoms with Crippen molar-refractivity contribution in [1.82, 2.24) is 0 Å². The highest BCUT2D eigenvalue weighted by Crippen LogP contribution is 2.39. The average Bonchev–Trinajstić information content (AvgIpc) is 2.59. The second kappa shape index (κ2) is 5.74. The minimum atomic E-state index is -0.616. The van der Waals surface area contributed by atoms with E-state index in [9.17, 15) is 8.78 Å². The zero-order valence-corrected chi connectivity index (χ0v) is 13.5. The van der Waals surface area contributed by atoms with Crippen LogP contribution in [0.5, 0.6) is 0 Å². The number of thiol groups is 1. The Labute approximate surface area is 130 Å². The van der Waals surface area contributed by atoms with Gasteiger partial charge in [-0.25, -0.2) is 8.78 Å². The van der Waals surface area contributed by atoms with Crippen LogP contribution in [0.4, 0.5) is 8.78 Å². The Morgan fingerprint density at radius 2 is 1.76 bits per heavy atom. The molecular formula is C15H19BF2O2S. The zero-order valence-electron chi connectivity index (χ0n) is 12.6. The maximum Gasteiger partial charge on any atom is 0.491 e. The first-order valence-electron chi connectivity index (χ1n) is 6.78. The summed E-state index contributed by atoms with van der Waals surface area (Å²) in [5.41, 5.74) is -0.157. The zero-order chi connectivity index (χ0) is 15.8. The molecule has 21 heavy (non-hydrogen) atoms. The van der Waals surface area contributed by atoms with Crippen LogP contribution in [-0.2, 0) is 9.31 Å². The molecule has 0 bridgehead atoms. The molecule has 2 rings (SSSR count). The van der Waals surface area contributed by atoms with Gasteiger partial charge in [-0.2, -0.15) is 12.6 Å². The molecule has 0 aromatic heterocycles. The van der Waals surface area contributed by atoms with E-state index in [4.69, 9.17) is 9.31 Å². The lowest BCUT2D eigenvalue weighted by molar-refractivity contribution is 0.00578. The maximum absolute atomic E-state index is 13.7. The first-order chi connectivity index (χ1) is 9.66. The van der Waals surface area contributed by atoms with Crippen LogP contribution in [0.1, 0.15) is 33.3 Å². The quantitative estimate of drug-likeness (QED) is 0.674. The largest absolute Gasteiger partial charge is 0.491 e. The lowest BCUT2D eigenvalue weighted by Crippen LogP contribution is -2.41. The topological polar surface area (TPSA) is 18.5 Å². The molecular weight excluding hydrogens is 293 g/mol. The average molecular weight is 312 g/mol.